The monoisotopic (exact) mass is 530 g/mol. The molecule has 1 heterocycles. The molecule has 2 aromatic rings. The van der Waals surface area contributed by atoms with Crippen molar-refractivity contribution >= 4 is 33.5 Å². The summed E-state index contributed by atoms with van der Waals surface area (Å²) in [6, 6.07) is 11.8. The summed E-state index contributed by atoms with van der Waals surface area (Å²) in [6.07, 6.45) is 5.53. The number of benzene rings is 2. The quantitative estimate of drug-likeness (QED) is 0.542. The van der Waals surface area contributed by atoms with Crippen LogP contribution in [0.4, 0.5) is 0 Å². The summed E-state index contributed by atoms with van der Waals surface area (Å²) in [7, 11) is -3.85. The van der Waals surface area contributed by atoms with Crippen molar-refractivity contribution in [3.05, 3.63) is 64.2 Å². The summed E-state index contributed by atoms with van der Waals surface area (Å²) in [5.41, 5.74) is 2.02. The van der Waals surface area contributed by atoms with Gasteiger partial charge in [0.1, 0.15) is 0 Å². The fourth-order valence-electron chi connectivity index (χ4n) is 6.16. The van der Waals surface area contributed by atoms with Crippen molar-refractivity contribution < 1.29 is 22.7 Å². The number of rotatable bonds is 7. The number of carbonyl (C=O) groups excluding carboxylic acids is 2. The predicted octanol–water partition coefficient (Wildman–Crippen LogP) is 4.18. The predicted molar refractivity (Wildman–Crippen MR) is 136 cm³/mol. The van der Waals surface area contributed by atoms with Crippen LogP contribution in [0.25, 0.3) is 0 Å². The van der Waals surface area contributed by atoms with E-state index in [-0.39, 0.29) is 34.0 Å². The molecule has 0 spiro atoms. The van der Waals surface area contributed by atoms with Crippen LogP contribution in [-0.2, 0) is 32.5 Å². The third kappa shape index (κ3) is 5.04. The Morgan fingerprint density at radius 2 is 1.92 bits per heavy atom. The molecule has 5 rings (SSSR count). The molecule has 1 N–H and O–H groups in total. The first-order valence-corrected chi connectivity index (χ1v) is 14.4. The molecule has 0 radical (unpaired) electrons. The van der Waals surface area contributed by atoms with E-state index in [1.165, 1.54) is 41.8 Å². The van der Waals surface area contributed by atoms with Gasteiger partial charge in [-0.3, -0.25) is 4.79 Å². The average Bonchev–Trinajstić information content (AvgIpc) is 3.51. The van der Waals surface area contributed by atoms with Gasteiger partial charge in [-0.2, -0.15) is 4.31 Å². The van der Waals surface area contributed by atoms with E-state index in [1.807, 2.05) is 31.2 Å². The van der Waals surface area contributed by atoms with Crippen molar-refractivity contribution in [2.24, 2.45) is 17.8 Å². The van der Waals surface area contributed by atoms with Crippen molar-refractivity contribution in [2.45, 2.75) is 56.5 Å². The van der Waals surface area contributed by atoms with E-state index in [1.54, 1.807) is 0 Å². The topological polar surface area (TPSA) is 92.8 Å². The normalized spacial score (nSPS) is 24.2. The number of hydrogen-bond donors (Lipinski definition) is 1. The number of halogens is 1. The lowest BCUT2D eigenvalue weighted by molar-refractivity contribution is -0.125. The van der Waals surface area contributed by atoms with Crippen LogP contribution >= 0.6 is 11.6 Å². The van der Waals surface area contributed by atoms with Crippen molar-refractivity contribution in [1.29, 1.82) is 0 Å². The number of amides is 1. The van der Waals surface area contributed by atoms with Gasteiger partial charge in [0.2, 0.25) is 10.0 Å². The molecule has 0 aromatic heterocycles. The summed E-state index contributed by atoms with van der Waals surface area (Å²) in [5.74, 6) is 0.725. The van der Waals surface area contributed by atoms with Gasteiger partial charge in [-0.15, -0.1) is 0 Å². The van der Waals surface area contributed by atoms with Crippen molar-refractivity contribution in [3.8, 4) is 0 Å². The van der Waals surface area contributed by atoms with Gasteiger partial charge in [0.15, 0.2) is 6.61 Å². The lowest BCUT2D eigenvalue weighted by atomic mass is 9.84. The highest BCUT2D eigenvalue weighted by Crippen LogP contribution is 2.49. The molecule has 2 fully saturated rings. The Balaban J connectivity index is 1.22. The molecule has 0 unspecified atom stereocenters. The molecule has 2 saturated carbocycles. The first kappa shape index (κ1) is 25.2. The molecule has 1 aliphatic heterocycles. The Morgan fingerprint density at radius 3 is 2.64 bits per heavy atom. The third-order valence-electron chi connectivity index (χ3n) is 8.05. The van der Waals surface area contributed by atoms with Crippen LogP contribution in [0.5, 0.6) is 0 Å². The molecular formula is C27H31ClN2O5S. The standard InChI is InChI=1S/C27H31ClN2O5S/c1-17(23-13-18-6-7-20(23)12-18)29-26(31)16-35-27(32)24-14-22(8-9-25(24)28)36(33,34)30-11-10-19-4-2-3-5-21(19)15-30/h2-5,8-9,14,17-18,20,23H,6-7,10-13,15-16H2,1H3,(H,29,31)/t17-,18-,20-,23+/m1/s1. The summed E-state index contributed by atoms with van der Waals surface area (Å²) in [5, 5.41) is 3.03. The number of fused-ring (bicyclic) bond motifs is 3. The van der Waals surface area contributed by atoms with Gasteiger partial charge in [0.25, 0.3) is 5.91 Å². The number of nitrogens with one attached hydrogen (secondary N) is 1. The summed E-state index contributed by atoms with van der Waals surface area (Å²) >= 11 is 6.21. The molecule has 1 amide bonds. The number of carbonyl (C=O) groups is 2. The zero-order chi connectivity index (χ0) is 25.4. The first-order valence-electron chi connectivity index (χ1n) is 12.6. The summed E-state index contributed by atoms with van der Waals surface area (Å²) in [4.78, 5) is 25.2. The molecule has 4 atom stereocenters. The number of nitrogens with zero attached hydrogens (tertiary/aromatic N) is 1. The van der Waals surface area contributed by atoms with Crippen LogP contribution in [-0.4, -0.2) is 43.8 Å². The Bertz CT molecular complexity index is 1280. The average molecular weight is 531 g/mol. The number of sulfonamides is 1. The van der Waals surface area contributed by atoms with Crippen molar-refractivity contribution in [3.63, 3.8) is 0 Å². The summed E-state index contributed by atoms with van der Waals surface area (Å²) in [6.45, 7) is 2.18. The van der Waals surface area contributed by atoms with E-state index >= 15 is 0 Å². The molecule has 0 saturated heterocycles. The van der Waals surface area contributed by atoms with Crippen LogP contribution in [0.15, 0.2) is 47.4 Å². The molecule has 7 nitrogen and oxygen atoms in total. The van der Waals surface area contributed by atoms with Crippen LogP contribution in [0.1, 0.15) is 54.1 Å². The molecule has 192 valence electrons. The van der Waals surface area contributed by atoms with Crippen molar-refractivity contribution in [2.75, 3.05) is 13.2 Å². The second-order valence-corrected chi connectivity index (χ2v) is 12.6. The zero-order valence-corrected chi connectivity index (χ0v) is 21.9. The second-order valence-electron chi connectivity index (χ2n) is 10.3. The number of ether oxygens (including phenoxy) is 1. The molecular weight excluding hydrogens is 500 g/mol. The van der Waals surface area contributed by atoms with E-state index < -0.39 is 22.6 Å². The highest BCUT2D eigenvalue weighted by molar-refractivity contribution is 7.89. The fraction of sp³-hybridized carbons (Fsp3) is 0.481. The molecule has 2 aromatic carbocycles. The maximum Gasteiger partial charge on any atom is 0.340 e. The number of hydrogen-bond acceptors (Lipinski definition) is 5. The fourth-order valence-corrected chi connectivity index (χ4v) is 7.80. The highest BCUT2D eigenvalue weighted by atomic mass is 35.5. The van der Waals surface area contributed by atoms with Gasteiger partial charge in [-0.25, -0.2) is 13.2 Å². The van der Waals surface area contributed by atoms with E-state index in [0.29, 0.717) is 24.8 Å². The molecule has 9 heteroatoms. The summed E-state index contributed by atoms with van der Waals surface area (Å²) < 4.78 is 33.2. The smallest absolute Gasteiger partial charge is 0.340 e. The van der Waals surface area contributed by atoms with Gasteiger partial charge < -0.3 is 10.1 Å². The van der Waals surface area contributed by atoms with Crippen LogP contribution in [0.3, 0.4) is 0 Å². The minimum Gasteiger partial charge on any atom is -0.452 e. The minimum atomic E-state index is -3.85. The highest BCUT2D eigenvalue weighted by Gasteiger charge is 2.42. The largest absolute Gasteiger partial charge is 0.452 e. The Labute approximate surface area is 217 Å². The van der Waals surface area contributed by atoms with E-state index in [0.717, 1.165) is 23.5 Å². The lowest BCUT2D eigenvalue weighted by Crippen LogP contribution is -2.42. The second kappa shape index (κ2) is 10.1. The van der Waals surface area contributed by atoms with E-state index in [9.17, 15) is 18.0 Å². The van der Waals surface area contributed by atoms with E-state index in [4.69, 9.17) is 16.3 Å². The Hall–Kier alpha value is -2.42. The maximum absolute atomic E-state index is 13.3. The Morgan fingerprint density at radius 1 is 1.14 bits per heavy atom. The minimum absolute atomic E-state index is 0.0261. The van der Waals surface area contributed by atoms with Crippen LogP contribution in [0, 0.1) is 17.8 Å². The zero-order valence-electron chi connectivity index (χ0n) is 20.3. The molecule has 2 aliphatic carbocycles. The van der Waals surface area contributed by atoms with Crippen molar-refractivity contribution in [1.82, 2.24) is 9.62 Å². The lowest BCUT2D eigenvalue weighted by Gasteiger charge is -2.28. The van der Waals surface area contributed by atoms with Gasteiger partial charge in [0, 0.05) is 19.1 Å². The van der Waals surface area contributed by atoms with Gasteiger partial charge in [-0.1, -0.05) is 42.3 Å². The number of esters is 1. The van der Waals surface area contributed by atoms with Crippen LogP contribution < -0.4 is 5.32 Å². The maximum atomic E-state index is 13.3. The first-order chi connectivity index (χ1) is 17.2. The van der Waals surface area contributed by atoms with E-state index in [2.05, 4.69) is 5.32 Å². The van der Waals surface area contributed by atoms with Gasteiger partial charge >= 0.3 is 5.97 Å². The third-order valence-corrected chi connectivity index (χ3v) is 10.2. The Kier molecular flexibility index (Phi) is 7.12. The SMILES string of the molecule is C[C@@H](NC(=O)COC(=O)c1cc(S(=O)(=O)N2CCc3ccccc3C2)ccc1Cl)[C@@H]1C[C@@H]2CC[C@@H]1C2. The van der Waals surface area contributed by atoms with Gasteiger partial charge in [-0.05, 0) is 79.7 Å². The van der Waals surface area contributed by atoms with Gasteiger partial charge in [0.05, 0.1) is 15.5 Å². The molecule has 3 aliphatic rings. The molecule has 36 heavy (non-hydrogen) atoms. The van der Waals surface area contributed by atoms with Crippen LogP contribution in [0.2, 0.25) is 5.02 Å². The molecule has 2 bridgehead atoms.